The second-order valence-electron chi connectivity index (χ2n) is 10.5. The summed E-state index contributed by atoms with van der Waals surface area (Å²) in [5.41, 5.74) is 7.32. The van der Waals surface area contributed by atoms with Gasteiger partial charge in [-0.2, -0.15) is 5.26 Å². The minimum absolute atomic E-state index is 0.491. The Bertz CT molecular complexity index is 1770. The minimum atomic E-state index is -1.06. The van der Waals surface area contributed by atoms with Crippen LogP contribution in [-0.2, 0) is 17.6 Å². The Labute approximate surface area is 302 Å². The molecule has 0 spiro atoms. The van der Waals surface area contributed by atoms with Gasteiger partial charge >= 0.3 is 5.97 Å². The van der Waals surface area contributed by atoms with Gasteiger partial charge in [0.05, 0.1) is 48.7 Å². The maximum atomic E-state index is 11.3. The van der Waals surface area contributed by atoms with E-state index in [4.69, 9.17) is 28.4 Å². The summed E-state index contributed by atoms with van der Waals surface area (Å²) in [6, 6.07) is 24.7. The zero-order valence-electron chi connectivity index (χ0n) is 31.2. The predicted molar refractivity (Wildman–Crippen MR) is 203 cm³/mol. The van der Waals surface area contributed by atoms with Gasteiger partial charge in [0.1, 0.15) is 11.5 Å². The predicted octanol–water partition coefficient (Wildman–Crippen LogP) is 9.05. The molecule has 4 rings (SSSR count). The maximum Gasteiger partial charge on any atom is 0.328 e. The van der Waals surface area contributed by atoms with Crippen LogP contribution in [0.5, 0.6) is 34.5 Å². The lowest BCUT2D eigenvalue weighted by atomic mass is 9.92. The van der Waals surface area contributed by atoms with Crippen molar-refractivity contribution < 1.29 is 38.3 Å². The van der Waals surface area contributed by atoms with Crippen molar-refractivity contribution in [3.8, 4) is 40.6 Å². The van der Waals surface area contributed by atoms with Gasteiger partial charge < -0.3 is 33.5 Å². The Morgan fingerprint density at radius 3 is 1.45 bits per heavy atom. The molecule has 0 bridgehead atoms. The number of carboxylic acids is 1. The van der Waals surface area contributed by atoms with E-state index >= 15 is 0 Å². The largest absolute Gasteiger partial charge is 0.497 e. The third-order valence-corrected chi connectivity index (χ3v) is 7.81. The number of ether oxygens (including phenoxy) is 6. The van der Waals surface area contributed by atoms with Gasteiger partial charge in [0.2, 0.25) is 0 Å². The summed E-state index contributed by atoms with van der Waals surface area (Å²) < 4.78 is 31.8. The molecule has 0 fully saturated rings. The molecule has 0 amide bonds. The van der Waals surface area contributed by atoms with Gasteiger partial charge in [-0.15, -0.1) is 0 Å². The highest BCUT2D eigenvalue weighted by Gasteiger charge is 2.15. The number of nitriles is 1. The van der Waals surface area contributed by atoms with E-state index in [-0.39, 0.29) is 0 Å². The third kappa shape index (κ3) is 11.1. The van der Waals surface area contributed by atoms with Crippen molar-refractivity contribution in [2.75, 3.05) is 42.7 Å². The number of rotatable bonds is 13. The van der Waals surface area contributed by atoms with Crippen molar-refractivity contribution in [3.05, 3.63) is 118 Å². The lowest BCUT2D eigenvalue weighted by molar-refractivity contribution is -0.131. The van der Waals surface area contributed by atoms with Gasteiger partial charge in [0.15, 0.2) is 23.0 Å². The number of methoxy groups -OCH3 is 6. The van der Waals surface area contributed by atoms with E-state index in [1.807, 2.05) is 32.0 Å². The zero-order valence-corrected chi connectivity index (χ0v) is 31.2. The van der Waals surface area contributed by atoms with E-state index in [9.17, 15) is 15.2 Å². The number of hydrogen-bond acceptors (Lipinski definition) is 8. The van der Waals surface area contributed by atoms with Crippen molar-refractivity contribution in [3.63, 3.8) is 0 Å². The fourth-order valence-electron chi connectivity index (χ4n) is 5.29. The first-order chi connectivity index (χ1) is 24.7. The molecule has 4 aromatic rings. The van der Waals surface area contributed by atoms with Crippen LogP contribution in [0, 0.1) is 11.3 Å². The van der Waals surface area contributed by atoms with Crippen LogP contribution in [0.2, 0.25) is 0 Å². The Morgan fingerprint density at radius 1 is 0.588 bits per heavy atom. The van der Waals surface area contributed by atoms with Gasteiger partial charge in [0, 0.05) is 18.2 Å². The number of carboxylic acid groups (broad SMARTS) is 1. The molecule has 4 aromatic carbocycles. The molecule has 0 aliphatic carbocycles. The molecule has 0 saturated heterocycles. The lowest BCUT2D eigenvalue weighted by Gasteiger charge is -2.14. The third-order valence-electron chi connectivity index (χ3n) is 7.81. The number of nitrogens with zero attached hydrogens (tertiary/aromatic N) is 1. The number of aliphatic carboxylic acids is 1. The molecule has 51 heavy (non-hydrogen) atoms. The van der Waals surface area contributed by atoms with E-state index in [1.165, 1.54) is 32.5 Å². The Hall–Kier alpha value is -5.88. The minimum Gasteiger partial charge on any atom is -0.497 e. The summed E-state index contributed by atoms with van der Waals surface area (Å²) in [5.74, 6) is 2.45. The van der Waals surface area contributed by atoms with Crippen molar-refractivity contribution in [1.29, 1.82) is 5.26 Å². The number of aryl methyl sites for hydroxylation is 2. The fraction of sp³-hybridized carbons (Fsp3) is 0.286. The molecule has 0 unspecified atom stereocenters. The number of benzene rings is 4. The molecule has 9 heteroatoms. The van der Waals surface area contributed by atoms with Crippen LogP contribution >= 0.6 is 0 Å². The van der Waals surface area contributed by atoms with Crippen molar-refractivity contribution in [2.24, 2.45) is 0 Å². The van der Waals surface area contributed by atoms with Gasteiger partial charge in [-0.25, -0.2) is 4.79 Å². The molecular formula is C42H49NO8. The van der Waals surface area contributed by atoms with E-state index < -0.39 is 5.97 Å². The summed E-state index contributed by atoms with van der Waals surface area (Å²) in [7, 11) is 9.36. The number of allylic oxidation sites excluding steroid dienone is 1. The summed E-state index contributed by atoms with van der Waals surface area (Å²) in [6.07, 6.45) is 4.71. The molecule has 1 N–H and O–H groups in total. The monoisotopic (exact) mass is 695 g/mol. The molecular weight excluding hydrogens is 646 g/mol. The topological polar surface area (TPSA) is 116 Å². The van der Waals surface area contributed by atoms with Crippen molar-refractivity contribution >= 4 is 17.1 Å². The summed E-state index contributed by atoms with van der Waals surface area (Å²) in [6.45, 7) is 8.32. The quantitative estimate of drug-likeness (QED) is 0.108. The summed E-state index contributed by atoms with van der Waals surface area (Å²) in [5, 5.41) is 18.5. The average Bonchev–Trinajstić information content (AvgIpc) is 3.18. The summed E-state index contributed by atoms with van der Waals surface area (Å²) >= 11 is 0. The Balaban J connectivity index is 0.000000337. The van der Waals surface area contributed by atoms with Crippen LogP contribution in [0.1, 0.15) is 61.1 Å². The molecule has 270 valence electrons. The maximum absolute atomic E-state index is 11.3. The van der Waals surface area contributed by atoms with Gasteiger partial charge in [-0.05, 0) is 93.8 Å². The summed E-state index contributed by atoms with van der Waals surface area (Å²) in [4.78, 5) is 11.3. The van der Waals surface area contributed by atoms with Gasteiger partial charge in [0.25, 0.3) is 0 Å². The lowest BCUT2D eigenvalue weighted by Crippen LogP contribution is -1.98. The zero-order chi connectivity index (χ0) is 37.9. The van der Waals surface area contributed by atoms with Crippen LogP contribution in [0.3, 0.4) is 0 Å². The van der Waals surface area contributed by atoms with E-state index in [0.717, 1.165) is 35.6 Å². The van der Waals surface area contributed by atoms with Gasteiger partial charge in [-0.1, -0.05) is 58.0 Å². The van der Waals surface area contributed by atoms with Gasteiger partial charge in [-0.3, -0.25) is 0 Å². The Kier molecular flexibility index (Phi) is 17.2. The molecule has 0 aliphatic heterocycles. The highest BCUT2D eigenvalue weighted by Crippen LogP contribution is 2.36. The average molecular weight is 696 g/mol. The highest BCUT2D eigenvalue weighted by molar-refractivity contribution is 5.96. The molecule has 9 nitrogen and oxygen atoms in total. The highest BCUT2D eigenvalue weighted by atomic mass is 16.5. The van der Waals surface area contributed by atoms with E-state index in [2.05, 4.69) is 38.1 Å². The van der Waals surface area contributed by atoms with Crippen molar-refractivity contribution in [1.82, 2.24) is 0 Å². The van der Waals surface area contributed by atoms with Crippen LogP contribution in [0.25, 0.3) is 11.1 Å². The SMILES string of the molecule is CC.CCc1ccc(/C(=C\C#N)c2ccc(OC)c(OC)c2)cc1CC.COc1cc(OC)cc(/C(=C/C(=O)O)c2ccc(OC)c(OC)c2)c1. The van der Waals surface area contributed by atoms with Crippen LogP contribution in [0.15, 0.2) is 84.9 Å². The molecule has 0 aliphatic rings. The van der Waals surface area contributed by atoms with E-state index in [0.29, 0.717) is 51.2 Å². The molecule has 0 radical (unpaired) electrons. The number of carbonyl (C=O) groups is 1. The molecule has 0 aromatic heterocycles. The first-order valence-corrected chi connectivity index (χ1v) is 16.5. The normalized spacial score (nSPS) is 10.7. The fourth-order valence-corrected chi connectivity index (χ4v) is 5.29. The standard InChI is InChI=1S/C21H23NO2.C19H20O6.C2H6/c1-5-15-7-8-17(13-16(15)6-2)19(11-12-22)18-9-10-20(23-3)21(14-18)24-4;1-22-14-7-13(8-15(10-14)23-2)16(11-19(20)21)12-5-6-17(24-3)18(9-12)25-4;1-2/h7-11,13-14H,5-6H2,1-4H3;5-11H,1-4H3,(H,20,21);1-2H3/b19-11+;16-11+;. The molecule has 0 saturated carbocycles. The second kappa shape index (κ2) is 21.3. The Morgan fingerprint density at radius 2 is 1.04 bits per heavy atom. The molecule has 0 heterocycles. The van der Waals surface area contributed by atoms with Crippen LogP contribution < -0.4 is 28.4 Å². The first kappa shape index (κ1) is 41.3. The smallest absolute Gasteiger partial charge is 0.328 e. The van der Waals surface area contributed by atoms with Crippen LogP contribution in [-0.4, -0.2) is 53.7 Å². The van der Waals surface area contributed by atoms with Crippen LogP contribution in [0.4, 0.5) is 0 Å². The first-order valence-electron chi connectivity index (χ1n) is 16.5. The number of hydrogen-bond donors (Lipinski definition) is 1. The van der Waals surface area contributed by atoms with Crippen molar-refractivity contribution in [2.45, 2.75) is 40.5 Å². The second-order valence-corrected chi connectivity index (χ2v) is 10.5. The molecule has 0 atom stereocenters. The van der Waals surface area contributed by atoms with E-state index in [1.54, 1.807) is 63.8 Å².